The maximum absolute atomic E-state index is 13.6. The van der Waals surface area contributed by atoms with Gasteiger partial charge >= 0.3 is 0 Å². The van der Waals surface area contributed by atoms with Gasteiger partial charge in [-0.25, -0.2) is 8.42 Å². The molecule has 38 heavy (non-hydrogen) atoms. The second-order valence-corrected chi connectivity index (χ2v) is 12.0. The summed E-state index contributed by atoms with van der Waals surface area (Å²) in [5.74, 6) is 0.325. The van der Waals surface area contributed by atoms with Gasteiger partial charge in [-0.05, 0) is 67.6 Å². The maximum Gasteiger partial charge on any atom is 0.243 e. The summed E-state index contributed by atoms with van der Waals surface area (Å²) in [6, 6.07) is 13.5. The lowest BCUT2D eigenvalue weighted by molar-refractivity contribution is -0.141. The number of hydrogen-bond donors (Lipinski definition) is 1. The average molecular weight is 564 g/mol. The third kappa shape index (κ3) is 8.36. The number of ether oxygens (including phenoxy) is 1. The molecule has 1 aliphatic carbocycles. The molecule has 1 atom stereocenters. The van der Waals surface area contributed by atoms with E-state index in [1.807, 2.05) is 31.2 Å². The molecule has 10 heteroatoms. The summed E-state index contributed by atoms with van der Waals surface area (Å²) in [4.78, 5) is 28.5. The SMILES string of the molecule is CC[C@H](C(=O)NC1CCCC1)N(Cc1cccc(OC)c1)C(=O)CCCN(c1ccc(Cl)cc1)S(C)(=O)=O. The van der Waals surface area contributed by atoms with Crippen LogP contribution < -0.4 is 14.4 Å². The fraction of sp³-hybridized carbons (Fsp3) is 0.500. The van der Waals surface area contributed by atoms with Crippen molar-refractivity contribution in [2.75, 3.05) is 24.2 Å². The molecule has 0 aromatic heterocycles. The molecule has 0 saturated heterocycles. The smallest absolute Gasteiger partial charge is 0.243 e. The van der Waals surface area contributed by atoms with Gasteiger partial charge in [0.25, 0.3) is 0 Å². The van der Waals surface area contributed by atoms with Gasteiger partial charge in [0.2, 0.25) is 21.8 Å². The van der Waals surface area contributed by atoms with E-state index in [9.17, 15) is 18.0 Å². The van der Waals surface area contributed by atoms with Crippen LogP contribution in [0.25, 0.3) is 0 Å². The van der Waals surface area contributed by atoms with E-state index in [4.69, 9.17) is 16.3 Å². The van der Waals surface area contributed by atoms with Gasteiger partial charge < -0.3 is 15.0 Å². The van der Waals surface area contributed by atoms with E-state index in [-0.39, 0.29) is 37.4 Å². The highest BCUT2D eigenvalue weighted by atomic mass is 35.5. The number of carbonyl (C=O) groups excluding carboxylic acids is 2. The van der Waals surface area contributed by atoms with Gasteiger partial charge in [0.15, 0.2) is 0 Å². The molecule has 2 amide bonds. The highest BCUT2D eigenvalue weighted by Gasteiger charge is 2.30. The van der Waals surface area contributed by atoms with Gasteiger partial charge in [0.1, 0.15) is 11.8 Å². The van der Waals surface area contributed by atoms with Gasteiger partial charge in [-0.3, -0.25) is 13.9 Å². The van der Waals surface area contributed by atoms with E-state index in [0.717, 1.165) is 37.5 Å². The molecule has 0 aliphatic heterocycles. The van der Waals surface area contributed by atoms with Crippen molar-refractivity contribution in [1.29, 1.82) is 0 Å². The molecule has 2 aromatic rings. The van der Waals surface area contributed by atoms with Crippen LogP contribution in [0.4, 0.5) is 5.69 Å². The third-order valence-electron chi connectivity index (χ3n) is 6.84. The lowest BCUT2D eigenvalue weighted by Gasteiger charge is -2.32. The molecule has 1 aliphatic rings. The van der Waals surface area contributed by atoms with Crippen molar-refractivity contribution in [3.63, 3.8) is 0 Å². The van der Waals surface area contributed by atoms with Gasteiger partial charge in [-0.1, -0.05) is 43.5 Å². The second-order valence-electron chi connectivity index (χ2n) is 9.70. The quantitative estimate of drug-likeness (QED) is 0.379. The minimum Gasteiger partial charge on any atom is -0.497 e. The standard InChI is InChI=1S/C28H38ClN3O5S/c1-4-26(28(34)30-23-10-5-6-11-23)31(20-21-9-7-12-25(19-21)37-2)27(33)13-8-18-32(38(3,35)36)24-16-14-22(29)15-17-24/h7,9,12,14-17,19,23,26H,4-6,8,10-11,13,18,20H2,1-3H3,(H,30,34)/t26-/m1/s1. The number of benzene rings is 2. The summed E-state index contributed by atoms with van der Waals surface area (Å²) < 4.78 is 31.5. The molecular weight excluding hydrogens is 526 g/mol. The number of nitrogens with zero attached hydrogens (tertiary/aromatic N) is 2. The summed E-state index contributed by atoms with van der Waals surface area (Å²) in [5.41, 5.74) is 1.34. The second kappa shape index (κ2) is 13.8. The van der Waals surface area contributed by atoms with Gasteiger partial charge in [0.05, 0.1) is 19.1 Å². The molecule has 3 rings (SSSR count). The molecule has 0 spiro atoms. The number of carbonyl (C=O) groups is 2. The highest BCUT2D eigenvalue weighted by molar-refractivity contribution is 7.92. The largest absolute Gasteiger partial charge is 0.497 e. The minimum atomic E-state index is -3.57. The number of anilines is 1. The number of sulfonamides is 1. The van der Waals surface area contributed by atoms with Crippen molar-refractivity contribution in [2.45, 2.75) is 70.5 Å². The molecule has 208 valence electrons. The van der Waals surface area contributed by atoms with E-state index in [1.165, 1.54) is 4.31 Å². The molecule has 0 radical (unpaired) electrons. The van der Waals surface area contributed by atoms with E-state index in [2.05, 4.69) is 5.32 Å². The van der Waals surface area contributed by atoms with Crippen molar-refractivity contribution in [1.82, 2.24) is 10.2 Å². The van der Waals surface area contributed by atoms with Crippen LogP contribution >= 0.6 is 11.6 Å². The van der Waals surface area contributed by atoms with Crippen molar-refractivity contribution in [2.24, 2.45) is 0 Å². The van der Waals surface area contributed by atoms with E-state index >= 15 is 0 Å². The molecule has 0 heterocycles. The summed E-state index contributed by atoms with van der Waals surface area (Å²) in [6.07, 6.45) is 6.10. The average Bonchev–Trinajstić information content (AvgIpc) is 3.39. The number of hydrogen-bond acceptors (Lipinski definition) is 5. The van der Waals surface area contributed by atoms with Crippen molar-refractivity contribution >= 4 is 39.1 Å². The Bertz CT molecular complexity index is 1180. The molecular formula is C28H38ClN3O5S. The number of nitrogens with one attached hydrogen (secondary N) is 1. The maximum atomic E-state index is 13.6. The fourth-order valence-corrected chi connectivity index (χ4v) is 5.96. The Kier molecular flexibility index (Phi) is 10.8. The molecule has 0 bridgehead atoms. The van der Waals surface area contributed by atoms with Crippen LogP contribution in [-0.2, 0) is 26.2 Å². The first-order chi connectivity index (χ1) is 18.1. The summed E-state index contributed by atoms with van der Waals surface area (Å²) in [6.45, 7) is 2.28. The van der Waals surface area contributed by atoms with Crippen LogP contribution in [0, 0.1) is 0 Å². The minimum absolute atomic E-state index is 0.0940. The van der Waals surface area contributed by atoms with Crippen molar-refractivity contribution in [3.8, 4) is 5.75 Å². The molecule has 8 nitrogen and oxygen atoms in total. The van der Waals surface area contributed by atoms with E-state index in [0.29, 0.717) is 29.3 Å². The Hall–Kier alpha value is -2.78. The Morgan fingerprint density at radius 3 is 2.42 bits per heavy atom. The molecule has 1 saturated carbocycles. The van der Waals surface area contributed by atoms with Crippen LogP contribution in [-0.4, -0.2) is 57.1 Å². The summed E-state index contributed by atoms with van der Waals surface area (Å²) in [7, 11) is -1.98. The molecule has 1 fully saturated rings. The lowest BCUT2D eigenvalue weighted by atomic mass is 10.1. The number of halogens is 1. The lowest BCUT2D eigenvalue weighted by Crippen LogP contribution is -2.51. The van der Waals surface area contributed by atoms with Gasteiger partial charge in [0, 0.05) is 30.6 Å². The van der Waals surface area contributed by atoms with Crippen LogP contribution in [0.15, 0.2) is 48.5 Å². The van der Waals surface area contributed by atoms with Crippen molar-refractivity contribution < 1.29 is 22.7 Å². The number of rotatable bonds is 13. The van der Waals surface area contributed by atoms with Crippen molar-refractivity contribution in [3.05, 3.63) is 59.1 Å². The molecule has 0 unspecified atom stereocenters. The van der Waals surface area contributed by atoms with E-state index < -0.39 is 16.1 Å². The summed E-state index contributed by atoms with van der Waals surface area (Å²) >= 11 is 5.96. The Morgan fingerprint density at radius 1 is 1.13 bits per heavy atom. The first-order valence-corrected chi connectivity index (χ1v) is 15.3. The fourth-order valence-electron chi connectivity index (χ4n) is 4.87. The Balaban J connectivity index is 1.76. The first kappa shape index (κ1) is 29.8. The van der Waals surface area contributed by atoms with E-state index in [1.54, 1.807) is 36.3 Å². The zero-order chi connectivity index (χ0) is 27.7. The van der Waals surface area contributed by atoms with Crippen LogP contribution in [0.5, 0.6) is 5.75 Å². The zero-order valence-corrected chi connectivity index (χ0v) is 23.9. The number of methoxy groups -OCH3 is 1. The summed E-state index contributed by atoms with van der Waals surface area (Å²) in [5, 5.41) is 3.64. The Labute approximate surface area is 231 Å². The van der Waals surface area contributed by atoms with Crippen LogP contribution in [0.3, 0.4) is 0 Å². The Morgan fingerprint density at radius 2 is 1.82 bits per heavy atom. The third-order valence-corrected chi connectivity index (χ3v) is 8.29. The predicted molar refractivity (Wildman–Crippen MR) is 151 cm³/mol. The van der Waals surface area contributed by atoms with Crippen LogP contribution in [0.1, 0.15) is 57.4 Å². The zero-order valence-electron chi connectivity index (χ0n) is 22.4. The van der Waals surface area contributed by atoms with Crippen LogP contribution in [0.2, 0.25) is 5.02 Å². The molecule has 2 aromatic carbocycles. The highest BCUT2D eigenvalue weighted by Crippen LogP contribution is 2.23. The van der Waals surface area contributed by atoms with Gasteiger partial charge in [-0.15, -0.1) is 0 Å². The monoisotopic (exact) mass is 563 g/mol. The first-order valence-electron chi connectivity index (χ1n) is 13.1. The molecule has 1 N–H and O–H groups in total. The number of amides is 2. The predicted octanol–water partition coefficient (Wildman–Crippen LogP) is 4.76. The normalized spacial score (nSPS) is 14.6. The topological polar surface area (TPSA) is 96.0 Å². The van der Waals surface area contributed by atoms with Gasteiger partial charge in [-0.2, -0.15) is 0 Å².